The third kappa shape index (κ3) is 5.91. The van der Waals surface area contributed by atoms with E-state index in [2.05, 4.69) is 28.4 Å². The first kappa shape index (κ1) is 17.9. The molecule has 0 unspecified atom stereocenters. The maximum atomic E-state index is 12.3. The van der Waals surface area contributed by atoms with E-state index in [0.29, 0.717) is 11.3 Å². The summed E-state index contributed by atoms with van der Waals surface area (Å²) in [5, 5.41) is 8.41. The lowest BCUT2D eigenvalue weighted by Crippen LogP contribution is -2.12. The Balaban J connectivity index is 2.13. The minimum atomic E-state index is -3.66. The van der Waals surface area contributed by atoms with E-state index in [1.165, 1.54) is 18.2 Å². The summed E-state index contributed by atoms with van der Waals surface area (Å²) in [5.41, 5.74) is 0.958. The SMILES string of the molecule is O=C(O)/C=C/C#CC#Cc1cccc(NS(=O)(=O)c2ccccc2)c1. The summed E-state index contributed by atoms with van der Waals surface area (Å²) in [7, 11) is -3.66. The number of carboxylic acid groups (broad SMARTS) is 1. The molecule has 0 radical (unpaired) electrons. The Morgan fingerprint density at radius 2 is 1.80 bits per heavy atom. The van der Waals surface area contributed by atoms with Crippen molar-refractivity contribution in [3.05, 3.63) is 72.3 Å². The first-order valence-corrected chi connectivity index (χ1v) is 8.55. The van der Waals surface area contributed by atoms with E-state index in [0.717, 1.165) is 6.08 Å². The topological polar surface area (TPSA) is 83.5 Å². The molecule has 2 N–H and O–H groups in total. The third-order valence-corrected chi connectivity index (χ3v) is 4.22. The minimum absolute atomic E-state index is 0.169. The lowest BCUT2D eigenvalue weighted by Gasteiger charge is -2.08. The van der Waals surface area contributed by atoms with Crippen molar-refractivity contribution in [3.8, 4) is 23.7 Å². The Hall–Kier alpha value is -3.48. The normalized spacial score (nSPS) is 10.2. The lowest BCUT2D eigenvalue weighted by molar-refractivity contribution is -0.131. The van der Waals surface area contributed by atoms with Crippen LogP contribution in [-0.4, -0.2) is 19.5 Å². The van der Waals surface area contributed by atoms with Gasteiger partial charge in [0.15, 0.2) is 0 Å². The van der Waals surface area contributed by atoms with Crippen molar-refractivity contribution in [2.75, 3.05) is 4.72 Å². The van der Waals surface area contributed by atoms with E-state index in [1.807, 2.05) is 0 Å². The average Bonchev–Trinajstić information content (AvgIpc) is 2.58. The quantitative estimate of drug-likeness (QED) is 0.655. The van der Waals surface area contributed by atoms with E-state index in [9.17, 15) is 13.2 Å². The number of aliphatic carboxylic acids is 1. The summed E-state index contributed by atoms with van der Waals surface area (Å²) in [6.07, 6.45) is 2.09. The summed E-state index contributed by atoms with van der Waals surface area (Å²) in [6, 6.07) is 14.6. The van der Waals surface area contributed by atoms with Crippen LogP contribution in [0.1, 0.15) is 5.56 Å². The van der Waals surface area contributed by atoms with Gasteiger partial charge in [-0.15, -0.1) is 0 Å². The monoisotopic (exact) mass is 351 g/mol. The highest BCUT2D eigenvalue weighted by Gasteiger charge is 2.13. The molecule has 0 aliphatic heterocycles. The number of nitrogens with one attached hydrogen (secondary N) is 1. The maximum absolute atomic E-state index is 12.3. The molecule has 0 amide bonds. The van der Waals surface area contributed by atoms with Gasteiger partial charge in [0.2, 0.25) is 0 Å². The minimum Gasteiger partial charge on any atom is -0.478 e. The zero-order valence-corrected chi connectivity index (χ0v) is 13.7. The molecule has 0 bridgehead atoms. The van der Waals surface area contributed by atoms with E-state index < -0.39 is 16.0 Å². The Labute approximate surface area is 146 Å². The zero-order valence-electron chi connectivity index (χ0n) is 12.9. The van der Waals surface area contributed by atoms with Gasteiger partial charge >= 0.3 is 5.97 Å². The highest BCUT2D eigenvalue weighted by atomic mass is 32.2. The average molecular weight is 351 g/mol. The Bertz CT molecular complexity index is 1020. The van der Waals surface area contributed by atoms with Gasteiger partial charge in [0.25, 0.3) is 10.0 Å². The molecule has 5 nitrogen and oxygen atoms in total. The predicted octanol–water partition coefficient (Wildman–Crippen LogP) is 2.48. The van der Waals surface area contributed by atoms with Crippen LogP contribution >= 0.6 is 0 Å². The van der Waals surface area contributed by atoms with E-state index in [-0.39, 0.29) is 4.90 Å². The van der Waals surface area contributed by atoms with E-state index in [4.69, 9.17) is 5.11 Å². The van der Waals surface area contributed by atoms with Gasteiger partial charge < -0.3 is 5.11 Å². The highest BCUT2D eigenvalue weighted by Crippen LogP contribution is 2.16. The molecule has 0 spiro atoms. The number of hydrogen-bond acceptors (Lipinski definition) is 3. The molecule has 6 heteroatoms. The molecular formula is C19H13NO4S. The fraction of sp³-hybridized carbons (Fsp3) is 0. The maximum Gasteiger partial charge on any atom is 0.328 e. The molecular weight excluding hydrogens is 338 g/mol. The summed E-state index contributed by atoms with van der Waals surface area (Å²) in [5.74, 6) is 9.19. The summed E-state index contributed by atoms with van der Waals surface area (Å²) >= 11 is 0. The zero-order chi connectivity index (χ0) is 18.1. The van der Waals surface area contributed by atoms with Crippen LogP contribution in [0.3, 0.4) is 0 Å². The third-order valence-electron chi connectivity index (χ3n) is 2.82. The van der Waals surface area contributed by atoms with Gasteiger partial charge in [0.05, 0.1) is 10.6 Å². The standard InChI is InChI=1S/C19H13NO4S/c21-19(22)14-7-2-1-4-9-16-10-8-11-17(15-16)20-25(23,24)18-12-5-3-6-13-18/h3,5-8,10-15,20H,(H,21,22)/b14-7+. The number of carboxylic acids is 1. The lowest BCUT2D eigenvalue weighted by atomic mass is 10.2. The van der Waals surface area contributed by atoms with E-state index >= 15 is 0 Å². The van der Waals surface area contributed by atoms with Crippen LogP contribution in [0.4, 0.5) is 5.69 Å². The van der Waals surface area contributed by atoms with Crippen LogP contribution in [0, 0.1) is 23.7 Å². The molecule has 0 heterocycles. The number of hydrogen-bond donors (Lipinski definition) is 2. The van der Waals surface area contributed by atoms with Crippen LogP contribution in [-0.2, 0) is 14.8 Å². The van der Waals surface area contributed by atoms with Gasteiger partial charge in [0, 0.05) is 11.6 Å². The number of anilines is 1. The van der Waals surface area contributed by atoms with Crippen LogP contribution in [0.25, 0.3) is 0 Å². The first-order valence-electron chi connectivity index (χ1n) is 7.06. The van der Waals surface area contributed by atoms with Crippen LogP contribution in [0.5, 0.6) is 0 Å². The molecule has 2 aromatic carbocycles. The van der Waals surface area contributed by atoms with Gasteiger partial charge in [-0.2, -0.15) is 0 Å². The molecule has 0 aliphatic rings. The number of benzene rings is 2. The largest absolute Gasteiger partial charge is 0.478 e. The Morgan fingerprint density at radius 1 is 1.04 bits per heavy atom. The van der Waals surface area contributed by atoms with Crippen molar-refractivity contribution in [2.24, 2.45) is 0 Å². The second kappa shape index (κ2) is 8.39. The summed E-state index contributed by atoms with van der Waals surface area (Å²) in [4.78, 5) is 10.4. The molecule has 124 valence electrons. The van der Waals surface area contributed by atoms with Crippen molar-refractivity contribution in [1.29, 1.82) is 0 Å². The number of sulfonamides is 1. The molecule has 2 aromatic rings. The second-order valence-corrected chi connectivity index (χ2v) is 6.37. The van der Waals surface area contributed by atoms with Crippen molar-refractivity contribution >= 4 is 21.7 Å². The summed E-state index contributed by atoms with van der Waals surface area (Å²) < 4.78 is 27.0. The first-order chi connectivity index (χ1) is 12.0. The van der Waals surface area contributed by atoms with Crippen molar-refractivity contribution in [1.82, 2.24) is 0 Å². The van der Waals surface area contributed by atoms with Gasteiger partial charge in [-0.3, -0.25) is 4.72 Å². The molecule has 25 heavy (non-hydrogen) atoms. The molecule has 0 saturated carbocycles. The molecule has 0 aliphatic carbocycles. The Morgan fingerprint density at radius 3 is 2.52 bits per heavy atom. The Kier molecular flexibility index (Phi) is 6.00. The molecule has 0 fully saturated rings. The molecule has 2 rings (SSSR count). The molecule has 0 aromatic heterocycles. The smallest absolute Gasteiger partial charge is 0.328 e. The molecule has 0 atom stereocenters. The van der Waals surface area contributed by atoms with Crippen molar-refractivity contribution in [2.45, 2.75) is 4.90 Å². The van der Waals surface area contributed by atoms with Crippen molar-refractivity contribution in [3.63, 3.8) is 0 Å². The van der Waals surface area contributed by atoms with Gasteiger partial charge in [-0.25, -0.2) is 13.2 Å². The van der Waals surface area contributed by atoms with Crippen LogP contribution in [0.15, 0.2) is 71.6 Å². The van der Waals surface area contributed by atoms with E-state index in [1.54, 1.807) is 42.5 Å². The number of allylic oxidation sites excluding steroid dienone is 1. The van der Waals surface area contributed by atoms with Crippen molar-refractivity contribution < 1.29 is 18.3 Å². The van der Waals surface area contributed by atoms with Gasteiger partial charge in [-0.05, 0) is 48.2 Å². The second-order valence-electron chi connectivity index (χ2n) is 4.69. The van der Waals surface area contributed by atoms with Gasteiger partial charge in [0.1, 0.15) is 0 Å². The fourth-order valence-electron chi connectivity index (χ4n) is 1.77. The summed E-state index contributed by atoms with van der Waals surface area (Å²) in [6.45, 7) is 0. The highest BCUT2D eigenvalue weighted by molar-refractivity contribution is 7.92. The van der Waals surface area contributed by atoms with Crippen LogP contribution < -0.4 is 4.72 Å². The predicted molar refractivity (Wildman–Crippen MR) is 95.1 cm³/mol. The molecule has 0 saturated heterocycles. The fourth-order valence-corrected chi connectivity index (χ4v) is 2.84. The number of carbonyl (C=O) groups is 1. The van der Waals surface area contributed by atoms with Crippen LogP contribution in [0.2, 0.25) is 0 Å². The van der Waals surface area contributed by atoms with Gasteiger partial charge in [-0.1, -0.05) is 36.1 Å². The number of rotatable bonds is 4.